The fraction of sp³-hybridized carbons (Fsp3) is 0.222. The van der Waals surface area contributed by atoms with Gasteiger partial charge in [0.25, 0.3) is 0 Å². The lowest BCUT2D eigenvalue weighted by molar-refractivity contribution is -0.136. The predicted octanol–water partition coefficient (Wildman–Crippen LogP) is 2.27. The maximum Gasteiger partial charge on any atom is 0.313 e. The minimum Gasteiger partial charge on any atom is -0.493 e. The van der Waals surface area contributed by atoms with Crippen LogP contribution in [-0.2, 0) is 16.1 Å². The van der Waals surface area contributed by atoms with Crippen molar-refractivity contribution >= 4 is 17.5 Å². The van der Waals surface area contributed by atoms with Gasteiger partial charge in [0, 0.05) is 18.3 Å². The predicted molar refractivity (Wildman–Crippen MR) is 91.2 cm³/mol. The summed E-state index contributed by atoms with van der Waals surface area (Å²) >= 11 is 0. The molecular weight excluding hydrogens is 308 g/mol. The molecule has 2 amide bonds. The van der Waals surface area contributed by atoms with Crippen molar-refractivity contribution in [1.29, 1.82) is 0 Å². The normalized spacial score (nSPS) is 9.96. The Balaban J connectivity index is 1.96. The number of rotatable bonds is 5. The third-order valence-corrected chi connectivity index (χ3v) is 3.55. The van der Waals surface area contributed by atoms with Gasteiger partial charge < -0.3 is 20.1 Å². The van der Waals surface area contributed by atoms with E-state index in [4.69, 9.17) is 9.47 Å². The van der Waals surface area contributed by atoms with Gasteiger partial charge in [-0.2, -0.15) is 0 Å². The van der Waals surface area contributed by atoms with Gasteiger partial charge in [-0.15, -0.1) is 0 Å². The van der Waals surface area contributed by atoms with Crippen LogP contribution >= 0.6 is 0 Å². The van der Waals surface area contributed by atoms with E-state index < -0.39 is 11.8 Å². The Kier molecular flexibility index (Phi) is 5.78. The number of anilines is 1. The average molecular weight is 328 g/mol. The summed E-state index contributed by atoms with van der Waals surface area (Å²) in [7, 11) is 3.02. The zero-order chi connectivity index (χ0) is 17.5. The third kappa shape index (κ3) is 4.25. The molecule has 0 heterocycles. The average Bonchev–Trinajstić information content (AvgIpc) is 2.60. The molecule has 24 heavy (non-hydrogen) atoms. The van der Waals surface area contributed by atoms with E-state index in [0.717, 1.165) is 11.1 Å². The molecule has 2 aromatic rings. The molecule has 126 valence electrons. The lowest BCUT2D eigenvalue weighted by Crippen LogP contribution is -2.35. The Hall–Kier alpha value is -3.02. The van der Waals surface area contributed by atoms with Crippen LogP contribution < -0.4 is 20.1 Å². The summed E-state index contributed by atoms with van der Waals surface area (Å²) in [6.45, 7) is 2.25. The molecule has 6 heteroatoms. The number of carbonyl (C=O) groups excluding carboxylic acids is 2. The number of benzene rings is 2. The van der Waals surface area contributed by atoms with Gasteiger partial charge in [-0.1, -0.05) is 24.3 Å². The number of carbonyl (C=O) groups is 2. The van der Waals surface area contributed by atoms with E-state index in [2.05, 4.69) is 10.6 Å². The van der Waals surface area contributed by atoms with Crippen LogP contribution in [0.25, 0.3) is 0 Å². The second-order valence-corrected chi connectivity index (χ2v) is 5.13. The van der Waals surface area contributed by atoms with E-state index in [1.54, 1.807) is 18.2 Å². The molecule has 0 aliphatic rings. The fourth-order valence-electron chi connectivity index (χ4n) is 2.17. The fourth-order valence-corrected chi connectivity index (χ4v) is 2.17. The van der Waals surface area contributed by atoms with Crippen LogP contribution in [-0.4, -0.2) is 26.0 Å². The Morgan fingerprint density at radius 1 is 0.958 bits per heavy atom. The maximum absolute atomic E-state index is 12.0. The van der Waals surface area contributed by atoms with E-state index >= 15 is 0 Å². The maximum atomic E-state index is 12.0. The highest BCUT2D eigenvalue weighted by Gasteiger charge is 2.15. The van der Waals surface area contributed by atoms with Crippen molar-refractivity contribution in [2.24, 2.45) is 0 Å². The van der Waals surface area contributed by atoms with Gasteiger partial charge in [-0.3, -0.25) is 9.59 Å². The molecule has 0 bridgehead atoms. The summed E-state index contributed by atoms with van der Waals surface area (Å²) in [5, 5.41) is 5.14. The molecule has 0 aromatic heterocycles. The number of amides is 2. The van der Waals surface area contributed by atoms with E-state index in [9.17, 15) is 9.59 Å². The van der Waals surface area contributed by atoms with Gasteiger partial charge >= 0.3 is 11.8 Å². The SMILES string of the molecule is COc1ccc(NC(=O)C(=O)NCc2ccccc2C)cc1OC. The van der Waals surface area contributed by atoms with E-state index in [1.165, 1.54) is 14.2 Å². The summed E-state index contributed by atoms with van der Waals surface area (Å²) in [6, 6.07) is 12.5. The molecule has 0 saturated carbocycles. The summed E-state index contributed by atoms with van der Waals surface area (Å²) in [5.41, 5.74) is 2.46. The lowest BCUT2D eigenvalue weighted by Gasteiger charge is -2.11. The Morgan fingerprint density at radius 3 is 2.33 bits per heavy atom. The molecule has 2 rings (SSSR count). The van der Waals surface area contributed by atoms with Crippen LogP contribution in [0.2, 0.25) is 0 Å². The van der Waals surface area contributed by atoms with Crippen LogP contribution in [0.5, 0.6) is 11.5 Å². The van der Waals surface area contributed by atoms with Gasteiger partial charge in [-0.05, 0) is 30.2 Å². The minimum absolute atomic E-state index is 0.296. The van der Waals surface area contributed by atoms with E-state index in [1.807, 2.05) is 31.2 Å². The number of hydrogen-bond donors (Lipinski definition) is 2. The highest BCUT2D eigenvalue weighted by Crippen LogP contribution is 2.29. The minimum atomic E-state index is -0.740. The summed E-state index contributed by atoms with van der Waals surface area (Å²) in [4.78, 5) is 23.9. The summed E-state index contributed by atoms with van der Waals surface area (Å²) in [5.74, 6) is -0.432. The first-order valence-corrected chi connectivity index (χ1v) is 7.41. The molecule has 0 aliphatic heterocycles. The molecule has 0 aliphatic carbocycles. The van der Waals surface area contributed by atoms with Crippen LogP contribution in [0.4, 0.5) is 5.69 Å². The first-order valence-electron chi connectivity index (χ1n) is 7.41. The Morgan fingerprint density at radius 2 is 1.67 bits per heavy atom. The molecule has 0 saturated heterocycles. The molecule has 6 nitrogen and oxygen atoms in total. The van der Waals surface area contributed by atoms with Crippen LogP contribution in [0.3, 0.4) is 0 Å². The zero-order valence-electron chi connectivity index (χ0n) is 13.9. The molecule has 0 atom stereocenters. The number of ether oxygens (including phenoxy) is 2. The van der Waals surface area contributed by atoms with Gasteiger partial charge in [0.2, 0.25) is 0 Å². The molecule has 0 unspecified atom stereocenters. The van der Waals surface area contributed by atoms with Crippen molar-refractivity contribution in [3.05, 3.63) is 53.6 Å². The van der Waals surface area contributed by atoms with Crippen molar-refractivity contribution in [2.75, 3.05) is 19.5 Å². The topological polar surface area (TPSA) is 76.7 Å². The number of hydrogen-bond acceptors (Lipinski definition) is 4. The van der Waals surface area contributed by atoms with E-state index in [0.29, 0.717) is 23.7 Å². The largest absolute Gasteiger partial charge is 0.493 e. The second-order valence-electron chi connectivity index (χ2n) is 5.13. The second kappa shape index (κ2) is 8.01. The standard InChI is InChI=1S/C18H20N2O4/c1-12-6-4-5-7-13(12)11-19-17(21)18(22)20-14-8-9-15(23-2)16(10-14)24-3/h4-10H,11H2,1-3H3,(H,19,21)(H,20,22). The highest BCUT2D eigenvalue weighted by atomic mass is 16.5. The van der Waals surface area contributed by atoms with Crippen molar-refractivity contribution in [1.82, 2.24) is 5.32 Å². The first-order chi connectivity index (χ1) is 11.5. The van der Waals surface area contributed by atoms with Crippen LogP contribution in [0.1, 0.15) is 11.1 Å². The van der Waals surface area contributed by atoms with Gasteiger partial charge in [0.15, 0.2) is 11.5 Å². The zero-order valence-corrected chi connectivity index (χ0v) is 13.9. The smallest absolute Gasteiger partial charge is 0.313 e. The number of methoxy groups -OCH3 is 2. The summed E-state index contributed by atoms with van der Waals surface area (Å²) < 4.78 is 10.3. The van der Waals surface area contributed by atoms with Crippen molar-refractivity contribution in [3.63, 3.8) is 0 Å². The monoisotopic (exact) mass is 328 g/mol. The Labute approximate surface area is 140 Å². The lowest BCUT2D eigenvalue weighted by atomic mass is 10.1. The molecule has 0 radical (unpaired) electrons. The number of nitrogens with one attached hydrogen (secondary N) is 2. The summed E-state index contributed by atoms with van der Waals surface area (Å²) in [6.07, 6.45) is 0. The van der Waals surface area contributed by atoms with Crippen molar-refractivity contribution in [2.45, 2.75) is 13.5 Å². The molecule has 0 spiro atoms. The van der Waals surface area contributed by atoms with Gasteiger partial charge in [0.1, 0.15) is 0 Å². The quantitative estimate of drug-likeness (QED) is 0.826. The van der Waals surface area contributed by atoms with Gasteiger partial charge in [-0.25, -0.2) is 0 Å². The molecular formula is C18H20N2O4. The van der Waals surface area contributed by atoms with E-state index in [-0.39, 0.29) is 0 Å². The molecule has 0 fully saturated rings. The Bertz CT molecular complexity index is 744. The van der Waals surface area contributed by atoms with Crippen LogP contribution in [0, 0.1) is 6.92 Å². The number of aryl methyl sites for hydroxylation is 1. The molecule has 2 N–H and O–H groups in total. The first kappa shape index (κ1) is 17.3. The third-order valence-electron chi connectivity index (χ3n) is 3.55. The highest BCUT2D eigenvalue weighted by molar-refractivity contribution is 6.39. The van der Waals surface area contributed by atoms with Gasteiger partial charge in [0.05, 0.1) is 14.2 Å². The van der Waals surface area contributed by atoms with Crippen molar-refractivity contribution in [3.8, 4) is 11.5 Å². The van der Waals surface area contributed by atoms with Crippen LogP contribution in [0.15, 0.2) is 42.5 Å². The van der Waals surface area contributed by atoms with Crippen molar-refractivity contribution < 1.29 is 19.1 Å². The molecule has 2 aromatic carbocycles.